The summed E-state index contributed by atoms with van der Waals surface area (Å²) in [6, 6.07) is 2.28. The van der Waals surface area contributed by atoms with Gasteiger partial charge in [0.25, 0.3) is 0 Å². The number of hydrogen-bond donors (Lipinski definition) is 1. The lowest BCUT2D eigenvalue weighted by molar-refractivity contribution is -0.129. The first-order chi connectivity index (χ1) is 9.68. The average Bonchev–Trinajstić information content (AvgIpc) is 2.48. The highest BCUT2D eigenvalue weighted by atomic mass is 16.2. The molecule has 0 unspecified atom stereocenters. The van der Waals surface area contributed by atoms with Crippen molar-refractivity contribution >= 4 is 5.91 Å². The van der Waals surface area contributed by atoms with Crippen LogP contribution in [0.4, 0.5) is 0 Å². The van der Waals surface area contributed by atoms with Crippen LogP contribution in [-0.4, -0.2) is 37.0 Å². The van der Waals surface area contributed by atoms with Gasteiger partial charge in [0.2, 0.25) is 5.91 Å². The number of amides is 1. The summed E-state index contributed by atoms with van der Waals surface area (Å²) in [5.74, 6) is -0.0688. The number of rotatable bonds is 8. The van der Waals surface area contributed by atoms with Crippen LogP contribution >= 0.6 is 0 Å². The van der Waals surface area contributed by atoms with Crippen LogP contribution in [0, 0.1) is 16.7 Å². The number of nitrogens with zero attached hydrogens (tertiary/aromatic N) is 2. The third kappa shape index (κ3) is 4.79. The van der Waals surface area contributed by atoms with Gasteiger partial charge in [-0.1, -0.05) is 33.1 Å². The highest BCUT2D eigenvalue weighted by molar-refractivity contribution is 5.85. The molecule has 0 aliphatic carbocycles. The van der Waals surface area contributed by atoms with Crippen molar-refractivity contribution in [2.45, 2.75) is 58.8 Å². The Morgan fingerprint density at radius 1 is 1.20 bits per heavy atom. The minimum absolute atomic E-state index is 0.0688. The molecule has 0 aromatic heterocycles. The third-order valence-electron chi connectivity index (χ3n) is 4.16. The summed E-state index contributed by atoms with van der Waals surface area (Å²) >= 11 is 0. The van der Waals surface area contributed by atoms with E-state index >= 15 is 0 Å². The Morgan fingerprint density at radius 2 is 1.80 bits per heavy atom. The summed E-state index contributed by atoms with van der Waals surface area (Å²) in [4.78, 5) is 14.8. The van der Waals surface area contributed by atoms with Crippen LogP contribution in [0.3, 0.4) is 0 Å². The molecule has 1 amide bonds. The van der Waals surface area contributed by atoms with E-state index in [-0.39, 0.29) is 5.91 Å². The summed E-state index contributed by atoms with van der Waals surface area (Å²) in [6.07, 6.45) is 6.91. The number of carbonyl (C=O) groups excluding carboxylic acids is 1. The van der Waals surface area contributed by atoms with E-state index in [0.29, 0.717) is 19.4 Å². The molecule has 0 bridgehead atoms. The Labute approximate surface area is 123 Å². The molecule has 1 rings (SSSR count). The lowest BCUT2D eigenvalue weighted by Crippen LogP contribution is -2.44. The molecule has 0 saturated carbocycles. The first-order valence-corrected chi connectivity index (χ1v) is 8.10. The fraction of sp³-hybridized carbons (Fsp3) is 0.875. The number of hydrogen-bond acceptors (Lipinski definition) is 3. The van der Waals surface area contributed by atoms with Crippen LogP contribution in [0.1, 0.15) is 58.8 Å². The predicted molar refractivity (Wildman–Crippen MR) is 81.2 cm³/mol. The fourth-order valence-electron chi connectivity index (χ4n) is 3.05. The van der Waals surface area contributed by atoms with Crippen molar-refractivity contribution in [3.8, 4) is 6.07 Å². The van der Waals surface area contributed by atoms with Gasteiger partial charge in [0, 0.05) is 13.1 Å². The van der Waals surface area contributed by atoms with E-state index in [4.69, 9.17) is 0 Å². The largest absolute Gasteiger partial charge is 0.353 e. The molecule has 1 aliphatic rings. The quantitative estimate of drug-likeness (QED) is 0.743. The molecule has 0 spiro atoms. The zero-order valence-corrected chi connectivity index (χ0v) is 13.1. The average molecular weight is 279 g/mol. The number of nitrogens with one attached hydrogen (secondary N) is 1. The van der Waals surface area contributed by atoms with Crippen molar-refractivity contribution in [2.75, 3.05) is 26.2 Å². The minimum Gasteiger partial charge on any atom is -0.353 e. The van der Waals surface area contributed by atoms with Crippen LogP contribution in [-0.2, 0) is 4.79 Å². The second-order valence-corrected chi connectivity index (χ2v) is 5.85. The van der Waals surface area contributed by atoms with Crippen molar-refractivity contribution in [1.29, 1.82) is 5.26 Å². The number of piperidine rings is 1. The zero-order valence-electron chi connectivity index (χ0n) is 13.1. The molecule has 1 saturated heterocycles. The Kier molecular flexibility index (Phi) is 7.61. The molecule has 0 atom stereocenters. The molecule has 1 N–H and O–H groups in total. The molecule has 4 nitrogen and oxygen atoms in total. The maximum atomic E-state index is 12.4. The molecule has 0 radical (unpaired) electrons. The van der Waals surface area contributed by atoms with Crippen LogP contribution in [0.15, 0.2) is 0 Å². The fourth-order valence-corrected chi connectivity index (χ4v) is 3.05. The first-order valence-electron chi connectivity index (χ1n) is 8.10. The van der Waals surface area contributed by atoms with Crippen LogP contribution < -0.4 is 5.32 Å². The van der Waals surface area contributed by atoms with E-state index in [1.807, 2.05) is 13.8 Å². The van der Waals surface area contributed by atoms with E-state index in [2.05, 4.69) is 16.3 Å². The molecule has 1 aliphatic heterocycles. The minimum atomic E-state index is -0.814. The summed E-state index contributed by atoms with van der Waals surface area (Å²) in [5.41, 5.74) is -0.814. The number of carbonyl (C=O) groups is 1. The smallest absolute Gasteiger partial charge is 0.240 e. The van der Waals surface area contributed by atoms with Crippen molar-refractivity contribution in [3.63, 3.8) is 0 Å². The zero-order chi connectivity index (χ0) is 14.8. The summed E-state index contributed by atoms with van der Waals surface area (Å²) in [7, 11) is 0. The van der Waals surface area contributed by atoms with Crippen LogP contribution in [0.2, 0.25) is 0 Å². The standard InChI is InChI=1S/C16H29N3O/c1-3-8-16(14-17,9-4-2)15(20)18-10-13-19-11-6-5-7-12-19/h3-13H2,1-2H3,(H,18,20). The van der Waals surface area contributed by atoms with Crippen LogP contribution in [0.25, 0.3) is 0 Å². The molecule has 4 heteroatoms. The van der Waals surface area contributed by atoms with Gasteiger partial charge in [0.1, 0.15) is 5.41 Å². The Balaban J connectivity index is 2.43. The Bertz CT molecular complexity index is 323. The Hall–Kier alpha value is -1.08. The van der Waals surface area contributed by atoms with E-state index in [1.165, 1.54) is 19.3 Å². The van der Waals surface area contributed by atoms with Gasteiger partial charge in [0.05, 0.1) is 6.07 Å². The molecule has 114 valence electrons. The predicted octanol–water partition coefficient (Wildman–Crippen LogP) is 2.70. The molecular weight excluding hydrogens is 250 g/mol. The molecule has 1 heterocycles. The van der Waals surface area contributed by atoms with Gasteiger partial charge in [-0.25, -0.2) is 0 Å². The van der Waals surface area contributed by atoms with Crippen molar-refractivity contribution in [3.05, 3.63) is 0 Å². The monoisotopic (exact) mass is 279 g/mol. The lowest BCUT2D eigenvalue weighted by Gasteiger charge is -2.28. The van der Waals surface area contributed by atoms with E-state index in [0.717, 1.165) is 32.5 Å². The maximum absolute atomic E-state index is 12.4. The summed E-state index contributed by atoms with van der Waals surface area (Å²) in [5, 5.41) is 12.4. The lowest BCUT2D eigenvalue weighted by atomic mass is 9.80. The second kappa shape index (κ2) is 8.97. The van der Waals surface area contributed by atoms with E-state index in [9.17, 15) is 10.1 Å². The molecule has 20 heavy (non-hydrogen) atoms. The van der Waals surface area contributed by atoms with Crippen LogP contribution in [0.5, 0.6) is 0 Å². The summed E-state index contributed by atoms with van der Waals surface area (Å²) < 4.78 is 0. The molecular formula is C16H29N3O. The SMILES string of the molecule is CCCC(C#N)(CCC)C(=O)NCCN1CCCCC1. The van der Waals surface area contributed by atoms with Gasteiger partial charge in [0.15, 0.2) is 0 Å². The molecule has 0 aromatic rings. The highest BCUT2D eigenvalue weighted by Gasteiger charge is 2.36. The van der Waals surface area contributed by atoms with Crippen molar-refractivity contribution in [1.82, 2.24) is 10.2 Å². The van der Waals surface area contributed by atoms with Gasteiger partial charge >= 0.3 is 0 Å². The topological polar surface area (TPSA) is 56.1 Å². The van der Waals surface area contributed by atoms with Crippen molar-refractivity contribution < 1.29 is 4.79 Å². The normalized spacial score (nSPS) is 16.6. The maximum Gasteiger partial charge on any atom is 0.240 e. The Morgan fingerprint density at radius 3 is 2.30 bits per heavy atom. The number of nitriles is 1. The number of likely N-dealkylation sites (tertiary alicyclic amines) is 1. The molecule has 0 aromatic carbocycles. The van der Waals surface area contributed by atoms with Crippen molar-refractivity contribution in [2.24, 2.45) is 5.41 Å². The second-order valence-electron chi connectivity index (χ2n) is 5.85. The van der Waals surface area contributed by atoms with E-state index in [1.54, 1.807) is 0 Å². The van der Waals surface area contributed by atoms with Gasteiger partial charge in [-0.3, -0.25) is 4.79 Å². The highest BCUT2D eigenvalue weighted by Crippen LogP contribution is 2.29. The van der Waals surface area contributed by atoms with E-state index < -0.39 is 5.41 Å². The summed E-state index contributed by atoms with van der Waals surface area (Å²) in [6.45, 7) is 7.92. The van der Waals surface area contributed by atoms with Gasteiger partial charge in [-0.15, -0.1) is 0 Å². The van der Waals surface area contributed by atoms with Gasteiger partial charge in [-0.05, 0) is 38.8 Å². The van der Waals surface area contributed by atoms with Gasteiger partial charge in [-0.2, -0.15) is 5.26 Å². The molecule has 1 fully saturated rings. The third-order valence-corrected chi connectivity index (χ3v) is 4.16. The first kappa shape index (κ1) is 17.0. The van der Waals surface area contributed by atoms with Gasteiger partial charge < -0.3 is 10.2 Å².